The number of primary sulfonamides is 1. The van der Waals surface area contributed by atoms with Gasteiger partial charge in [0, 0.05) is 25.8 Å². The second-order valence-corrected chi connectivity index (χ2v) is 6.06. The maximum Gasteiger partial charge on any atom is 0.257 e. The average molecular weight is 275 g/mol. The predicted molar refractivity (Wildman–Crippen MR) is 68.6 cm³/mol. The van der Waals surface area contributed by atoms with Gasteiger partial charge in [-0.3, -0.25) is 0 Å². The molecule has 1 heterocycles. The normalized spacial score (nSPS) is 12.3. The molecule has 1 aromatic rings. The van der Waals surface area contributed by atoms with Gasteiger partial charge in [-0.15, -0.1) is 0 Å². The van der Waals surface area contributed by atoms with Gasteiger partial charge in [0.2, 0.25) is 0 Å². The molecule has 0 fully saturated rings. The Balaban J connectivity index is 2.67. The second-order valence-electron chi connectivity index (χ2n) is 4.56. The molecule has 0 aromatic carbocycles. The number of aryl methyl sites for hydroxylation is 1. The molecule has 0 saturated heterocycles. The number of imidazole rings is 1. The first kappa shape index (κ1) is 15.1. The first-order valence-corrected chi connectivity index (χ1v) is 7.55. The van der Waals surface area contributed by atoms with E-state index in [1.807, 2.05) is 6.92 Å². The monoisotopic (exact) mass is 275 g/mol. The standard InChI is InChI=1S/C11H21N3O3S/c1-4-10-13-11(18(12,15)16)7-14(10)5-6-17-8-9(2)3/h7,9H,4-6,8H2,1-3H3,(H2,12,15,16). The third-order valence-electron chi connectivity index (χ3n) is 2.37. The van der Waals surface area contributed by atoms with Crippen LogP contribution >= 0.6 is 0 Å². The molecule has 0 aliphatic carbocycles. The molecule has 0 radical (unpaired) electrons. The molecular formula is C11H21N3O3S. The molecule has 18 heavy (non-hydrogen) atoms. The summed E-state index contributed by atoms with van der Waals surface area (Å²) in [7, 11) is -3.73. The van der Waals surface area contributed by atoms with E-state index in [1.54, 1.807) is 4.57 Å². The second kappa shape index (κ2) is 6.31. The van der Waals surface area contributed by atoms with E-state index in [0.29, 0.717) is 37.9 Å². The highest BCUT2D eigenvalue weighted by Gasteiger charge is 2.15. The lowest BCUT2D eigenvalue weighted by molar-refractivity contribution is 0.102. The van der Waals surface area contributed by atoms with Crippen molar-refractivity contribution in [2.24, 2.45) is 11.1 Å². The van der Waals surface area contributed by atoms with E-state index in [0.717, 1.165) is 0 Å². The number of sulfonamides is 1. The number of rotatable bonds is 7. The molecule has 0 amide bonds. The summed E-state index contributed by atoms with van der Waals surface area (Å²) >= 11 is 0. The Bertz CT molecular complexity index is 480. The van der Waals surface area contributed by atoms with E-state index < -0.39 is 10.0 Å². The molecule has 1 rings (SSSR count). The van der Waals surface area contributed by atoms with Crippen molar-refractivity contribution >= 4 is 10.0 Å². The zero-order valence-electron chi connectivity index (χ0n) is 11.1. The van der Waals surface area contributed by atoms with E-state index in [9.17, 15) is 8.42 Å². The van der Waals surface area contributed by atoms with Gasteiger partial charge in [0.15, 0.2) is 5.03 Å². The highest BCUT2D eigenvalue weighted by molar-refractivity contribution is 7.89. The summed E-state index contributed by atoms with van der Waals surface area (Å²) in [5, 5.41) is 4.97. The number of aromatic nitrogens is 2. The van der Waals surface area contributed by atoms with Crippen molar-refractivity contribution in [3.63, 3.8) is 0 Å². The van der Waals surface area contributed by atoms with Crippen LogP contribution in [0.5, 0.6) is 0 Å². The Labute approximate surface area is 108 Å². The maximum absolute atomic E-state index is 11.2. The molecule has 0 aliphatic heterocycles. The van der Waals surface area contributed by atoms with Crippen LogP contribution in [0.25, 0.3) is 0 Å². The van der Waals surface area contributed by atoms with E-state index in [2.05, 4.69) is 18.8 Å². The maximum atomic E-state index is 11.2. The Hall–Kier alpha value is -0.920. The number of ether oxygens (including phenoxy) is 1. The summed E-state index contributed by atoms with van der Waals surface area (Å²) in [6, 6.07) is 0. The number of hydrogen-bond donors (Lipinski definition) is 1. The van der Waals surface area contributed by atoms with Gasteiger partial charge < -0.3 is 9.30 Å². The largest absolute Gasteiger partial charge is 0.379 e. The molecule has 7 heteroatoms. The van der Waals surface area contributed by atoms with Gasteiger partial charge >= 0.3 is 0 Å². The Morgan fingerprint density at radius 1 is 1.50 bits per heavy atom. The molecule has 6 nitrogen and oxygen atoms in total. The van der Waals surface area contributed by atoms with Gasteiger partial charge in [-0.05, 0) is 5.92 Å². The van der Waals surface area contributed by atoms with Crippen LogP contribution in [0.2, 0.25) is 0 Å². The van der Waals surface area contributed by atoms with Crippen molar-refractivity contribution in [1.82, 2.24) is 9.55 Å². The van der Waals surface area contributed by atoms with Gasteiger partial charge in [0.1, 0.15) is 5.82 Å². The SMILES string of the molecule is CCc1nc(S(N)(=O)=O)cn1CCOCC(C)C. The fourth-order valence-corrected chi connectivity index (χ4v) is 2.03. The van der Waals surface area contributed by atoms with Crippen molar-refractivity contribution in [1.29, 1.82) is 0 Å². The summed E-state index contributed by atoms with van der Waals surface area (Å²) in [6.45, 7) is 7.88. The van der Waals surface area contributed by atoms with Crippen molar-refractivity contribution < 1.29 is 13.2 Å². The Morgan fingerprint density at radius 2 is 2.17 bits per heavy atom. The fraction of sp³-hybridized carbons (Fsp3) is 0.727. The highest BCUT2D eigenvalue weighted by Crippen LogP contribution is 2.08. The van der Waals surface area contributed by atoms with E-state index in [-0.39, 0.29) is 5.03 Å². The van der Waals surface area contributed by atoms with Crippen LogP contribution in [0.1, 0.15) is 26.6 Å². The van der Waals surface area contributed by atoms with Crippen molar-refractivity contribution in [2.45, 2.75) is 38.8 Å². The molecule has 2 N–H and O–H groups in total. The summed E-state index contributed by atoms with van der Waals surface area (Å²) in [6.07, 6.45) is 2.12. The Morgan fingerprint density at radius 3 is 2.67 bits per heavy atom. The predicted octanol–water partition coefficient (Wildman–Crippen LogP) is 0.765. The van der Waals surface area contributed by atoms with E-state index in [1.165, 1.54) is 6.20 Å². The van der Waals surface area contributed by atoms with Crippen LogP contribution in [0, 0.1) is 5.92 Å². The Kier molecular flexibility index (Phi) is 5.30. The van der Waals surface area contributed by atoms with Crippen LogP contribution in [-0.4, -0.2) is 31.2 Å². The molecule has 1 aromatic heterocycles. The summed E-state index contributed by atoms with van der Waals surface area (Å²) in [4.78, 5) is 4.01. The van der Waals surface area contributed by atoms with Gasteiger partial charge in [-0.2, -0.15) is 0 Å². The molecule has 104 valence electrons. The average Bonchev–Trinajstić information content (AvgIpc) is 2.67. The van der Waals surface area contributed by atoms with Crippen LogP contribution in [0.3, 0.4) is 0 Å². The van der Waals surface area contributed by atoms with Gasteiger partial charge in [0.05, 0.1) is 6.61 Å². The van der Waals surface area contributed by atoms with Crippen LogP contribution in [-0.2, 0) is 27.7 Å². The number of hydrogen-bond acceptors (Lipinski definition) is 4. The minimum Gasteiger partial charge on any atom is -0.379 e. The lowest BCUT2D eigenvalue weighted by Crippen LogP contribution is -2.12. The molecule has 0 atom stereocenters. The quantitative estimate of drug-likeness (QED) is 0.744. The van der Waals surface area contributed by atoms with E-state index in [4.69, 9.17) is 9.88 Å². The first-order valence-electron chi connectivity index (χ1n) is 6.01. The summed E-state index contributed by atoms with van der Waals surface area (Å²) < 4.78 is 29.7. The number of nitrogens with two attached hydrogens (primary N) is 1. The first-order chi connectivity index (χ1) is 8.34. The number of nitrogens with zero attached hydrogens (tertiary/aromatic N) is 2. The molecule has 0 spiro atoms. The van der Waals surface area contributed by atoms with Crippen LogP contribution < -0.4 is 5.14 Å². The zero-order chi connectivity index (χ0) is 13.8. The van der Waals surface area contributed by atoms with Crippen molar-refractivity contribution in [3.05, 3.63) is 12.0 Å². The molecule has 0 aliphatic rings. The minimum atomic E-state index is -3.73. The van der Waals surface area contributed by atoms with Gasteiger partial charge in [-0.1, -0.05) is 20.8 Å². The molecule has 0 bridgehead atoms. The lowest BCUT2D eigenvalue weighted by atomic mass is 10.2. The van der Waals surface area contributed by atoms with Crippen molar-refractivity contribution in [2.75, 3.05) is 13.2 Å². The summed E-state index contributed by atoms with van der Waals surface area (Å²) in [5.41, 5.74) is 0. The van der Waals surface area contributed by atoms with Crippen LogP contribution in [0.4, 0.5) is 0 Å². The fourth-order valence-electron chi connectivity index (χ4n) is 1.52. The summed E-state index contributed by atoms with van der Waals surface area (Å²) in [5.74, 6) is 1.19. The van der Waals surface area contributed by atoms with Crippen LogP contribution in [0.15, 0.2) is 11.2 Å². The molecule has 0 unspecified atom stereocenters. The smallest absolute Gasteiger partial charge is 0.257 e. The molecule has 0 saturated carbocycles. The highest BCUT2D eigenvalue weighted by atomic mass is 32.2. The zero-order valence-corrected chi connectivity index (χ0v) is 11.9. The third-order valence-corrected chi connectivity index (χ3v) is 3.15. The van der Waals surface area contributed by atoms with Gasteiger partial charge in [-0.25, -0.2) is 18.5 Å². The lowest BCUT2D eigenvalue weighted by Gasteiger charge is -2.08. The molecular weight excluding hydrogens is 254 g/mol. The third kappa shape index (κ3) is 4.40. The minimum absolute atomic E-state index is 0.0804. The van der Waals surface area contributed by atoms with Gasteiger partial charge in [0.25, 0.3) is 10.0 Å². The van der Waals surface area contributed by atoms with Crippen molar-refractivity contribution in [3.8, 4) is 0 Å². The topological polar surface area (TPSA) is 87.2 Å². The van der Waals surface area contributed by atoms with E-state index >= 15 is 0 Å².